The minimum absolute atomic E-state index is 0.0376. The number of nitrogens with zero attached hydrogens (tertiary/aromatic N) is 1. The van der Waals surface area contributed by atoms with Gasteiger partial charge in [0.05, 0.1) is 12.2 Å². The maximum atomic E-state index is 12.6. The second-order valence-electron chi connectivity index (χ2n) is 4.62. The maximum Gasteiger partial charge on any atom is 0.433 e. The first-order chi connectivity index (χ1) is 9.25. The van der Waals surface area contributed by atoms with E-state index in [0.29, 0.717) is 0 Å². The molecule has 0 aromatic carbocycles. The summed E-state index contributed by atoms with van der Waals surface area (Å²) in [6.07, 6.45) is -2.63. The molecule has 112 valence electrons. The zero-order chi connectivity index (χ0) is 15.3. The van der Waals surface area contributed by atoms with Crippen molar-refractivity contribution in [2.45, 2.75) is 32.9 Å². The van der Waals surface area contributed by atoms with Gasteiger partial charge < -0.3 is 10.5 Å². The Morgan fingerprint density at radius 2 is 2.10 bits per heavy atom. The van der Waals surface area contributed by atoms with E-state index in [1.807, 2.05) is 13.8 Å². The number of thiocarbonyl (C=S) groups is 1. The molecule has 1 rings (SSSR count). The van der Waals surface area contributed by atoms with Gasteiger partial charge in [0.1, 0.15) is 10.7 Å². The highest BCUT2D eigenvalue weighted by atomic mass is 32.1. The Bertz CT molecular complexity index is 477. The van der Waals surface area contributed by atoms with Crippen LogP contribution in [0.3, 0.4) is 0 Å². The lowest BCUT2D eigenvalue weighted by Crippen LogP contribution is -2.18. The number of rotatable bonds is 6. The molecule has 1 unspecified atom stereocenters. The summed E-state index contributed by atoms with van der Waals surface area (Å²) in [7, 11) is 0. The highest BCUT2D eigenvalue weighted by Gasteiger charge is 2.33. The lowest BCUT2D eigenvalue weighted by atomic mass is 10.1. The van der Waals surface area contributed by atoms with Crippen LogP contribution in [-0.2, 0) is 6.18 Å². The number of hydrogen-bond acceptors (Lipinski definition) is 3. The van der Waals surface area contributed by atoms with Gasteiger partial charge in [0.25, 0.3) is 0 Å². The van der Waals surface area contributed by atoms with Gasteiger partial charge in [-0.05, 0) is 24.5 Å². The Balaban J connectivity index is 2.98. The molecule has 0 fully saturated rings. The molecule has 0 aliphatic carbocycles. The minimum Gasteiger partial charge on any atom is -0.477 e. The third-order valence-corrected chi connectivity index (χ3v) is 2.92. The summed E-state index contributed by atoms with van der Waals surface area (Å²) in [4.78, 5) is 3.44. The lowest BCUT2D eigenvalue weighted by molar-refractivity contribution is -0.141. The number of nitrogens with two attached hydrogens (primary N) is 1. The average molecular weight is 306 g/mol. The monoisotopic (exact) mass is 306 g/mol. The first-order valence-electron chi connectivity index (χ1n) is 6.26. The summed E-state index contributed by atoms with van der Waals surface area (Å²) < 4.78 is 43.3. The van der Waals surface area contributed by atoms with Crippen molar-refractivity contribution in [3.05, 3.63) is 23.4 Å². The number of pyridine rings is 1. The van der Waals surface area contributed by atoms with E-state index in [4.69, 9.17) is 22.7 Å². The summed E-state index contributed by atoms with van der Waals surface area (Å²) in [6.45, 7) is 4.26. The van der Waals surface area contributed by atoms with Crippen molar-refractivity contribution in [3.63, 3.8) is 0 Å². The van der Waals surface area contributed by atoms with Gasteiger partial charge in [0.15, 0.2) is 0 Å². The molecule has 0 spiro atoms. The second kappa shape index (κ2) is 6.88. The quantitative estimate of drug-likeness (QED) is 0.817. The molecule has 0 amide bonds. The molecular formula is C13H17F3N2OS. The molecular weight excluding hydrogens is 289 g/mol. The topological polar surface area (TPSA) is 48.1 Å². The Morgan fingerprint density at radius 1 is 1.45 bits per heavy atom. The number of hydrogen-bond donors (Lipinski definition) is 1. The summed E-state index contributed by atoms with van der Waals surface area (Å²) in [5.74, 6) is 0.0609. The summed E-state index contributed by atoms with van der Waals surface area (Å²) in [6, 6.07) is 2.04. The Kier molecular flexibility index (Phi) is 5.74. The van der Waals surface area contributed by atoms with E-state index >= 15 is 0 Å². The van der Waals surface area contributed by atoms with Crippen molar-refractivity contribution in [2.75, 3.05) is 6.61 Å². The fourth-order valence-electron chi connectivity index (χ4n) is 1.69. The highest BCUT2D eigenvalue weighted by Crippen LogP contribution is 2.30. The minimum atomic E-state index is -4.53. The molecule has 0 bridgehead atoms. The van der Waals surface area contributed by atoms with E-state index in [0.717, 1.165) is 18.9 Å². The molecule has 1 aromatic heterocycles. The Labute approximate surface area is 121 Å². The van der Waals surface area contributed by atoms with E-state index in [-0.39, 0.29) is 29.0 Å². The fourth-order valence-corrected chi connectivity index (χ4v) is 1.85. The highest BCUT2D eigenvalue weighted by molar-refractivity contribution is 7.80. The molecule has 20 heavy (non-hydrogen) atoms. The molecule has 0 saturated carbocycles. The van der Waals surface area contributed by atoms with Gasteiger partial charge >= 0.3 is 6.18 Å². The van der Waals surface area contributed by atoms with Gasteiger partial charge in [-0.25, -0.2) is 4.98 Å². The predicted molar refractivity (Wildman–Crippen MR) is 74.7 cm³/mol. The molecule has 2 N–H and O–H groups in total. The van der Waals surface area contributed by atoms with Crippen LogP contribution in [0, 0.1) is 5.92 Å². The van der Waals surface area contributed by atoms with E-state index in [1.165, 1.54) is 6.07 Å². The molecule has 0 aliphatic heterocycles. The molecule has 1 aromatic rings. The van der Waals surface area contributed by atoms with Crippen molar-refractivity contribution in [3.8, 4) is 5.88 Å². The third-order valence-electron chi connectivity index (χ3n) is 2.70. The van der Waals surface area contributed by atoms with E-state index in [9.17, 15) is 13.2 Å². The van der Waals surface area contributed by atoms with Crippen molar-refractivity contribution in [2.24, 2.45) is 11.7 Å². The SMILES string of the molecule is CCCC(C)COc1nc(C(F)(F)F)ccc1C(N)=S. The van der Waals surface area contributed by atoms with Gasteiger partial charge in [-0.2, -0.15) is 13.2 Å². The van der Waals surface area contributed by atoms with Gasteiger partial charge in [-0.15, -0.1) is 0 Å². The molecule has 1 heterocycles. The van der Waals surface area contributed by atoms with Crippen LogP contribution in [0.4, 0.5) is 13.2 Å². The van der Waals surface area contributed by atoms with Crippen LogP contribution in [0.2, 0.25) is 0 Å². The molecule has 0 radical (unpaired) electrons. The normalized spacial score (nSPS) is 13.1. The molecule has 7 heteroatoms. The number of ether oxygens (including phenoxy) is 1. The number of aromatic nitrogens is 1. The van der Waals surface area contributed by atoms with Gasteiger partial charge in [-0.3, -0.25) is 0 Å². The Hall–Kier alpha value is -1.37. The first-order valence-corrected chi connectivity index (χ1v) is 6.67. The van der Waals surface area contributed by atoms with Crippen molar-refractivity contribution < 1.29 is 17.9 Å². The predicted octanol–water partition coefficient (Wildman–Crippen LogP) is 3.55. The van der Waals surface area contributed by atoms with Crippen molar-refractivity contribution in [1.29, 1.82) is 0 Å². The number of alkyl halides is 3. The Morgan fingerprint density at radius 3 is 2.60 bits per heavy atom. The standard InChI is InChI=1S/C13H17F3N2OS/c1-3-4-8(2)7-19-12-9(11(17)20)5-6-10(18-12)13(14,15)16/h5-6,8H,3-4,7H2,1-2H3,(H2,17,20). The van der Waals surface area contributed by atoms with Crippen LogP contribution in [0.5, 0.6) is 5.88 Å². The van der Waals surface area contributed by atoms with Gasteiger partial charge in [0, 0.05) is 0 Å². The van der Waals surface area contributed by atoms with Crippen LogP contribution in [0.25, 0.3) is 0 Å². The first kappa shape index (κ1) is 16.7. The van der Waals surface area contributed by atoms with Crippen molar-refractivity contribution >= 4 is 17.2 Å². The van der Waals surface area contributed by atoms with Gasteiger partial charge in [0.2, 0.25) is 5.88 Å². The van der Waals surface area contributed by atoms with Crippen LogP contribution >= 0.6 is 12.2 Å². The van der Waals surface area contributed by atoms with Crippen LogP contribution in [0.15, 0.2) is 12.1 Å². The average Bonchev–Trinajstić information content (AvgIpc) is 2.35. The lowest BCUT2D eigenvalue weighted by Gasteiger charge is -2.15. The van der Waals surface area contributed by atoms with Gasteiger partial charge in [-0.1, -0.05) is 32.5 Å². The summed E-state index contributed by atoms with van der Waals surface area (Å²) in [5, 5.41) is 0. The summed E-state index contributed by atoms with van der Waals surface area (Å²) >= 11 is 4.79. The molecule has 0 saturated heterocycles. The van der Waals surface area contributed by atoms with Crippen molar-refractivity contribution in [1.82, 2.24) is 4.98 Å². The van der Waals surface area contributed by atoms with E-state index in [2.05, 4.69) is 4.98 Å². The zero-order valence-corrected chi connectivity index (χ0v) is 12.1. The molecule has 1 atom stereocenters. The molecule has 0 aliphatic rings. The van der Waals surface area contributed by atoms with E-state index < -0.39 is 11.9 Å². The van der Waals surface area contributed by atoms with Crippen LogP contribution < -0.4 is 10.5 Å². The van der Waals surface area contributed by atoms with Crippen LogP contribution in [-0.4, -0.2) is 16.6 Å². The van der Waals surface area contributed by atoms with Crippen LogP contribution in [0.1, 0.15) is 37.9 Å². The maximum absolute atomic E-state index is 12.6. The third kappa shape index (κ3) is 4.63. The summed E-state index contributed by atoms with van der Waals surface area (Å²) in [5.41, 5.74) is 4.67. The zero-order valence-electron chi connectivity index (χ0n) is 11.3. The number of halogens is 3. The smallest absolute Gasteiger partial charge is 0.433 e. The fraction of sp³-hybridized carbons (Fsp3) is 0.538. The second-order valence-corrected chi connectivity index (χ2v) is 5.06. The molecule has 3 nitrogen and oxygen atoms in total. The van der Waals surface area contributed by atoms with E-state index in [1.54, 1.807) is 0 Å². The largest absolute Gasteiger partial charge is 0.477 e.